The fourth-order valence-electron chi connectivity index (χ4n) is 2.48. The monoisotopic (exact) mass is 297 g/mol. The number of hydrogen-bond donors (Lipinski definition) is 1. The van der Waals surface area contributed by atoms with Crippen molar-refractivity contribution in [3.63, 3.8) is 0 Å². The minimum Gasteiger partial charge on any atom is -0.481 e. The van der Waals surface area contributed by atoms with Crippen molar-refractivity contribution in [2.24, 2.45) is 5.92 Å². The normalized spacial score (nSPS) is 22.0. The highest BCUT2D eigenvalue weighted by molar-refractivity contribution is 5.70. The van der Waals surface area contributed by atoms with Gasteiger partial charge in [-0.1, -0.05) is 0 Å². The summed E-state index contributed by atoms with van der Waals surface area (Å²) in [6.07, 6.45) is 2.43. The highest BCUT2D eigenvalue weighted by atomic mass is 19.1. The molecule has 0 bridgehead atoms. The van der Waals surface area contributed by atoms with Gasteiger partial charge in [-0.25, -0.2) is 0 Å². The maximum absolute atomic E-state index is 13.4. The Kier molecular flexibility index (Phi) is 4.85. The average molecular weight is 297 g/mol. The van der Waals surface area contributed by atoms with E-state index in [2.05, 4.69) is 0 Å². The van der Waals surface area contributed by atoms with Crippen LogP contribution in [0, 0.1) is 21.8 Å². The van der Waals surface area contributed by atoms with E-state index in [1.807, 2.05) is 0 Å². The highest BCUT2D eigenvalue weighted by Gasteiger charge is 2.26. The molecule has 1 aliphatic rings. The Hall–Kier alpha value is -2.02. The number of rotatable bonds is 5. The van der Waals surface area contributed by atoms with Crippen LogP contribution in [-0.2, 0) is 16.1 Å². The first-order valence-corrected chi connectivity index (χ1v) is 6.74. The molecule has 0 radical (unpaired) electrons. The largest absolute Gasteiger partial charge is 0.481 e. The Morgan fingerprint density at radius 1 is 1.38 bits per heavy atom. The number of aliphatic carboxylic acids is 1. The van der Waals surface area contributed by atoms with Gasteiger partial charge in [-0.15, -0.1) is 0 Å². The van der Waals surface area contributed by atoms with Crippen LogP contribution in [-0.4, -0.2) is 22.1 Å². The predicted octanol–water partition coefficient (Wildman–Crippen LogP) is 2.89. The van der Waals surface area contributed by atoms with Crippen LogP contribution in [0.2, 0.25) is 0 Å². The molecular formula is C14H16FNO5. The summed E-state index contributed by atoms with van der Waals surface area (Å²) in [7, 11) is 0. The molecule has 0 heterocycles. The number of nitrogens with zero attached hydrogens (tertiary/aromatic N) is 1. The number of nitro benzene ring substituents is 1. The fourth-order valence-corrected chi connectivity index (χ4v) is 2.48. The molecule has 0 unspecified atom stereocenters. The van der Waals surface area contributed by atoms with Gasteiger partial charge in [0.15, 0.2) is 0 Å². The summed E-state index contributed by atoms with van der Waals surface area (Å²) in [5.41, 5.74) is -0.0285. The average Bonchev–Trinajstić information content (AvgIpc) is 2.45. The van der Waals surface area contributed by atoms with Crippen LogP contribution < -0.4 is 0 Å². The van der Waals surface area contributed by atoms with Crippen molar-refractivity contribution in [2.75, 3.05) is 0 Å². The number of nitro groups is 1. The Bertz CT molecular complexity index is 540. The highest BCUT2D eigenvalue weighted by Crippen LogP contribution is 2.27. The molecule has 0 aromatic heterocycles. The summed E-state index contributed by atoms with van der Waals surface area (Å²) in [6, 6.07) is 3.68. The lowest BCUT2D eigenvalue weighted by Crippen LogP contribution is -2.25. The molecule has 7 heteroatoms. The van der Waals surface area contributed by atoms with Gasteiger partial charge in [0, 0.05) is 6.07 Å². The van der Waals surface area contributed by atoms with Gasteiger partial charge in [0.05, 0.1) is 23.6 Å². The zero-order valence-corrected chi connectivity index (χ0v) is 11.3. The van der Waals surface area contributed by atoms with E-state index in [9.17, 15) is 19.3 Å². The maximum atomic E-state index is 13.4. The van der Waals surface area contributed by atoms with Gasteiger partial charge in [-0.2, -0.15) is 4.39 Å². The molecule has 0 amide bonds. The molecule has 0 aliphatic heterocycles. The lowest BCUT2D eigenvalue weighted by atomic mass is 9.87. The molecule has 0 saturated heterocycles. The van der Waals surface area contributed by atoms with Crippen LogP contribution in [0.15, 0.2) is 18.2 Å². The first-order valence-electron chi connectivity index (χ1n) is 6.74. The van der Waals surface area contributed by atoms with Gasteiger partial charge in [0.1, 0.15) is 0 Å². The van der Waals surface area contributed by atoms with Gasteiger partial charge in [0.2, 0.25) is 5.82 Å². The van der Waals surface area contributed by atoms with Crippen LogP contribution >= 0.6 is 0 Å². The Morgan fingerprint density at radius 2 is 2.05 bits per heavy atom. The van der Waals surface area contributed by atoms with E-state index in [0.29, 0.717) is 31.2 Å². The van der Waals surface area contributed by atoms with Gasteiger partial charge < -0.3 is 9.84 Å². The first-order chi connectivity index (χ1) is 9.97. The second-order valence-corrected chi connectivity index (χ2v) is 5.17. The second-order valence-electron chi connectivity index (χ2n) is 5.17. The van der Waals surface area contributed by atoms with E-state index in [4.69, 9.17) is 9.84 Å². The molecule has 21 heavy (non-hydrogen) atoms. The van der Waals surface area contributed by atoms with Crippen molar-refractivity contribution in [3.8, 4) is 0 Å². The number of carboxylic acid groups (broad SMARTS) is 1. The maximum Gasteiger partial charge on any atom is 0.306 e. The summed E-state index contributed by atoms with van der Waals surface area (Å²) in [5, 5.41) is 19.4. The minimum atomic E-state index is -0.879. The smallest absolute Gasteiger partial charge is 0.306 e. The lowest BCUT2D eigenvalue weighted by molar-refractivity contribution is -0.387. The van der Waals surface area contributed by atoms with E-state index in [1.54, 1.807) is 0 Å². The van der Waals surface area contributed by atoms with Crippen LogP contribution in [0.4, 0.5) is 10.1 Å². The van der Waals surface area contributed by atoms with E-state index >= 15 is 0 Å². The van der Waals surface area contributed by atoms with Crippen molar-refractivity contribution >= 4 is 11.7 Å². The van der Waals surface area contributed by atoms with E-state index in [1.165, 1.54) is 6.07 Å². The number of ether oxygens (including phenoxy) is 1. The molecule has 1 saturated carbocycles. The van der Waals surface area contributed by atoms with E-state index in [-0.39, 0.29) is 18.6 Å². The van der Waals surface area contributed by atoms with Crippen molar-refractivity contribution in [3.05, 3.63) is 39.7 Å². The summed E-state index contributed by atoms with van der Waals surface area (Å²) < 4.78 is 19.1. The topological polar surface area (TPSA) is 89.7 Å². The number of benzene rings is 1. The SMILES string of the molecule is O=C(O)C1CCC(OCc2ccc([N+](=O)[O-])c(F)c2)CC1. The third-order valence-electron chi connectivity index (χ3n) is 3.72. The van der Waals surface area contributed by atoms with Crippen molar-refractivity contribution in [2.45, 2.75) is 38.4 Å². The Balaban J connectivity index is 1.85. The molecule has 1 fully saturated rings. The molecule has 6 nitrogen and oxygen atoms in total. The van der Waals surface area contributed by atoms with Gasteiger partial charge >= 0.3 is 11.7 Å². The third-order valence-corrected chi connectivity index (χ3v) is 3.72. The number of carbonyl (C=O) groups is 1. The van der Waals surface area contributed by atoms with Gasteiger partial charge in [-0.05, 0) is 43.4 Å². The Morgan fingerprint density at radius 3 is 2.57 bits per heavy atom. The van der Waals surface area contributed by atoms with Crippen LogP contribution in [0.5, 0.6) is 0 Å². The van der Waals surface area contributed by atoms with E-state index < -0.39 is 22.4 Å². The third kappa shape index (κ3) is 3.98. The molecule has 1 aromatic carbocycles. The second kappa shape index (κ2) is 6.62. The van der Waals surface area contributed by atoms with Gasteiger partial charge in [-0.3, -0.25) is 14.9 Å². The van der Waals surface area contributed by atoms with Crippen molar-refractivity contribution in [1.29, 1.82) is 0 Å². The summed E-state index contributed by atoms with van der Waals surface area (Å²) in [4.78, 5) is 20.6. The quantitative estimate of drug-likeness (QED) is 0.666. The van der Waals surface area contributed by atoms with Crippen LogP contribution in [0.3, 0.4) is 0 Å². The first kappa shape index (κ1) is 15.4. The molecule has 0 atom stereocenters. The van der Waals surface area contributed by atoms with Crippen LogP contribution in [0.1, 0.15) is 31.2 Å². The summed E-state index contributed by atoms with van der Waals surface area (Å²) in [6.45, 7) is 0.164. The van der Waals surface area contributed by atoms with E-state index in [0.717, 1.165) is 12.1 Å². The molecular weight excluding hydrogens is 281 g/mol. The zero-order valence-electron chi connectivity index (χ0n) is 11.3. The van der Waals surface area contributed by atoms with Crippen molar-refractivity contribution in [1.82, 2.24) is 0 Å². The fraction of sp³-hybridized carbons (Fsp3) is 0.500. The predicted molar refractivity (Wildman–Crippen MR) is 71.2 cm³/mol. The molecule has 2 rings (SSSR count). The standard InChI is InChI=1S/C14H16FNO5/c15-12-7-9(1-6-13(12)16(19)20)8-21-11-4-2-10(3-5-11)14(17)18/h1,6-7,10-11H,2-5,8H2,(H,17,18). The van der Waals surface area contributed by atoms with Crippen LogP contribution in [0.25, 0.3) is 0 Å². The molecule has 1 aromatic rings. The zero-order chi connectivity index (χ0) is 15.4. The number of halogens is 1. The molecule has 114 valence electrons. The molecule has 1 aliphatic carbocycles. The van der Waals surface area contributed by atoms with Gasteiger partial charge in [0.25, 0.3) is 0 Å². The minimum absolute atomic E-state index is 0.0427. The molecule has 0 spiro atoms. The lowest BCUT2D eigenvalue weighted by Gasteiger charge is -2.26. The Labute approximate surface area is 120 Å². The molecule has 1 N–H and O–H groups in total. The number of hydrogen-bond acceptors (Lipinski definition) is 4. The summed E-state index contributed by atoms with van der Waals surface area (Å²) in [5.74, 6) is -1.96. The van der Waals surface area contributed by atoms with Crippen molar-refractivity contribution < 1.29 is 24.0 Å². The number of carboxylic acids is 1. The summed E-state index contributed by atoms with van der Waals surface area (Å²) >= 11 is 0.